The number of hydrazine groups is 1. The van der Waals surface area contributed by atoms with E-state index in [1.54, 1.807) is 10.1 Å². The van der Waals surface area contributed by atoms with Crippen molar-refractivity contribution in [2.75, 3.05) is 39.3 Å². The Bertz CT molecular complexity index is 233. The van der Waals surface area contributed by atoms with Gasteiger partial charge in [-0.3, -0.25) is 0 Å². The van der Waals surface area contributed by atoms with Crippen LogP contribution in [0.1, 0.15) is 0 Å². The van der Waals surface area contributed by atoms with Crippen LogP contribution in [0, 0.1) is 0 Å². The standard InChI is InChI=1S/C6H13N4O3P/c11-14(7-8-1-2-8,12-9-3-4-9)13-10-5-6-10/h1-6H2,(H,7,11). The Kier molecular flexibility index (Phi) is 2.14. The number of rotatable bonds is 6. The van der Waals surface area contributed by atoms with E-state index in [0.29, 0.717) is 0 Å². The molecule has 0 bridgehead atoms. The zero-order valence-corrected chi connectivity index (χ0v) is 8.65. The predicted molar refractivity (Wildman–Crippen MR) is 47.6 cm³/mol. The molecule has 1 N–H and O–H groups in total. The van der Waals surface area contributed by atoms with Crippen LogP contribution >= 0.6 is 7.75 Å². The van der Waals surface area contributed by atoms with E-state index in [0.717, 1.165) is 39.3 Å². The lowest BCUT2D eigenvalue weighted by Gasteiger charge is -2.18. The minimum Gasteiger partial charge on any atom is -0.236 e. The quantitative estimate of drug-likeness (QED) is 0.474. The maximum Gasteiger partial charge on any atom is 0.452 e. The van der Waals surface area contributed by atoms with Gasteiger partial charge in [0.1, 0.15) is 0 Å². The van der Waals surface area contributed by atoms with Gasteiger partial charge in [-0.2, -0.15) is 15.3 Å². The van der Waals surface area contributed by atoms with Crippen LogP contribution in [0.25, 0.3) is 0 Å². The number of nitrogens with zero attached hydrogens (tertiary/aromatic N) is 3. The first kappa shape index (κ1) is 9.23. The Morgan fingerprint density at radius 3 is 1.79 bits per heavy atom. The highest BCUT2D eigenvalue weighted by atomic mass is 31.2. The lowest BCUT2D eigenvalue weighted by atomic mass is 11.0. The Labute approximate surface area is 82.0 Å². The Hall–Kier alpha value is -0.0100. The van der Waals surface area contributed by atoms with E-state index < -0.39 is 7.75 Å². The molecule has 3 rings (SSSR count). The molecule has 3 aliphatic heterocycles. The summed E-state index contributed by atoms with van der Waals surface area (Å²) in [5.41, 5.74) is 0. The summed E-state index contributed by atoms with van der Waals surface area (Å²) >= 11 is 0. The van der Waals surface area contributed by atoms with Gasteiger partial charge in [-0.25, -0.2) is 18.8 Å². The smallest absolute Gasteiger partial charge is 0.236 e. The molecule has 0 aromatic carbocycles. The van der Waals surface area contributed by atoms with Crippen LogP contribution in [0.5, 0.6) is 0 Å². The van der Waals surface area contributed by atoms with Crippen molar-refractivity contribution in [2.45, 2.75) is 0 Å². The molecule has 3 heterocycles. The summed E-state index contributed by atoms with van der Waals surface area (Å²) in [5.74, 6) is 0. The van der Waals surface area contributed by atoms with Gasteiger partial charge in [-0.1, -0.05) is 0 Å². The van der Waals surface area contributed by atoms with Crippen molar-refractivity contribution in [1.29, 1.82) is 0 Å². The fourth-order valence-corrected chi connectivity index (χ4v) is 2.51. The van der Waals surface area contributed by atoms with Gasteiger partial charge < -0.3 is 0 Å². The second kappa shape index (κ2) is 3.24. The SMILES string of the molecule is O=P(NN1CC1)(ON1CC1)ON1CC1. The van der Waals surface area contributed by atoms with E-state index in [1.165, 1.54) is 0 Å². The second-order valence-electron chi connectivity index (χ2n) is 3.61. The number of hydrogen-bond donors (Lipinski definition) is 1. The molecule has 0 unspecified atom stereocenters. The molecule has 0 spiro atoms. The summed E-state index contributed by atoms with van der Waals surface area (Å²) in [6, 6.07) is 0. The fourth-order valence-electron chi connectivity index (χ4n) is 0.924. The Morgan fingerprint density at radius 1 is 0.929 bits per heavy atom. The van der Waals surface area contributed by atoms with E-state index in [9.17, 15) is 4.57 Å². The molecule has 0 saturated carbocycles. The molecule has 0 amide bonds. The highest BCUT2D eigenvalue weighted by Crippen LogP contribution is 2.49. The third-order valence-electron chi connectivity index (χ3n) is 1.97. The molecule has 0 aromatic rings. The average molecular weight is 220 g/mol. The molecule has 3 saturated heterocycles. The van der Waals surface area contributed by atoms with Crippen molar-refractivity contribution in [1.82, 2.24) is 20.3 Å². The molecule has 0 atom stereocenters. The largest absolute Gasteiger partial charge is 0.452 e. The van der Waals surface area contributed by atoms with Gasteiger partial charge in [-0.15, -0.1) is 0 Å². The van der Waals surface area contributed by atoms with Gasteiger partial charge in [0.15, 0.2) is 0 Å². The first-order chi connectivity index (χ1) is 6.73. The van der Waals surface area contributed by atoms with Crippen LogP contribution in [-0.4, -0.2) is 54.4 Å². The molecule has 14 heavy (non-hydrogen) atoms. The van der Waals surface area contributed by atoms with E-state index in [-0.39, 0.29) is 0 Å². The first-order valence-corrected chi connectivity index (χ1v) is 6.30. The molecule has 3 fully saturated rings. The molecule has 0 radical (unpaired) electrons. The summed E-state index contributed by atoms with van der Waals surface area (Å²) in [5, 5.41) is 7.84. The topological polar surface area (TPSA) is 56.6 Å². The van der Waals surface area contributed by atoms with Crippen molar-refractivity contribution >= 4 is 7.75 Å². The van der Waals surface area contributed by atoms with Crippen molar-refractivity contribution in [3.05, 3.63) is 0 Å². The van der Waals surface area contributed by atoms with Gasteiger partial charge in [-0.05, 0) is 0 Å². The Morgan fingerprint density at radius 2 is 1.43 bits per heavy atom. The third kappa shape index (κ3) is 2.52. The normalized spacial score (nSPS) is 28.0. The van der Waals surface area contributed by atoms with Crippen LogP contribution in [0.15, 0.2) is 0 Å². The minimum atomic E-state index is -3.17. The van der Waals surface area contributed by atoms with Crippen LogP contribution in [0.3, 0.4) is 0 Å². The van der Waals surface area contributed by atoms with Gasteiger partial charge >= 0.3 is 7.75 Å². The average Bonchev–Trinajstić information content (AvgIpc) is 2.90. The fraction of sp³-hybridized carbons (Fsp3) is 1.00. The van der Waals surface area contributed by atoms with E-state index in [2.05, 4.69) is 5.20 Å². The number of hydroxylamine groups is 4. The molecule has 7 nitrogen and oxygen atoms in total. The van der Waals surface area contributed by atoms with E-state index in [1.807, 2.05) is 5.01 Å². The van der Waals surface area contributed by atoms with Crippen LogP contribution < -0.4 is 5.20 Å². The lowest BCUT2D eigenvalue weighted by Crippen LogP contribution is -2.23. The molecule has 0 aromatic heterocycles. The van der Waals surface area contributed by atoms with Crippen LogP contribution in [0.4, 0.5) is 0 Å². The molecule has 3 aliphatic rings. The summed E-state index contributed by atoms with van der Waals surface area (Å²) in [4.78, 5) is 0. The lowest BCUT2D eigenvalue weighted by molar-refractivity contribution is -0.0235. The zero-order valence-electron chi connectivity index (χ0n) is 7.76. The number of nitrogens with one attached hydrogen (secondary N) is 1. The molecule has 80 valence electrons. The number of hydrogen-bond acceptors (Lipinski definition) is 6. The van der Waals surface area contributed by atoms with Crippen molar-refractivity contribution in [3.63, 3.8) is 0 Å². The molecule has 0 aliphatic carbocycles. The predicted octanol–water partition coefficient (Wildman–Crippen LogP) is -0.591. The highest BCUT2D eigenvalue weighted by molar-refractivity contribution is 7.51. The van der Waals surface area contributed by atoms with Crippen molar-refractivity contribution in [3.8, 4) is 0 Å². The van der Waals surface area contributed by atoms with Gasteiger partial charge in [0, 0.05) is 39.3 Å². The summed E-state index contributed by atoms with van der Waals surface area (Å²) in [6.45, 7) is 5.11. The van der Waals surface area contributed by atoms with E-state index in [4.69, 9.17) is 9.25 Å². The highest BCUT2D eigenvalue weighted by Gasteiger charge is 2.41. The second-order valence-corrected chi connectivity index (χ2v) is 5.13. The minimum absolute atomic E-state index is 0.828. The maximum atomic E-state index is 12.1. The maximum absolute atomic E-state index is 12.1. The van der Waals surface area contributed by atoms with Gasteiger partial charge in [0.2, 0.25) is 0 Å². The van der Waals surface area contributed by atoms with Gasteiger partial charge in [0.25, 0.3) is 0 Å². The van der Waals surface area contributed by atoms with E-state index >= 15 is 0 Å². The monoisotopic (exact) mass is 220 g/mol. The van der Waals surface area contributed by atoms with Crippen LogP contribution in [0.2, 0.25) is 0 Å². The molecular formula is C6H13N4O3P. The summed E-state index contributed by atoms with van der Waals surface area (Å²) in [6.07, 6.45) is 0. The first-order valence-electron chi connectivity index (χ1n) is 4.76. The van der Waals surface area contributed by atoms with Crippen molar-refractivity contribution in [2.24, 2.45) is 0 Å². The van der Waals surface area contributed by atoms with Crippen LogP contribution in [-0.2, 0) is 13.8 Å². The van der Waals surface area contributed by atoms with Crippen molar-refractivity contribution < 1.29 is 13.8 Å². The third-order valence-corrected chi connectivity index (χ3v) is 3.39. The summed E-state index contributed by atoms with van der Waals surface area (Å²) in [7, 11) is -3.17. The molecular weight excluding hydrogens is 207 g/mol. The Balaban J connectivity index is 1.59. The zero-order chi connectivity index (χ0) is 9.60. The molecule has 8 heteroatoms. The summed E-state index contributed by atoms with van der Waals surface area (Å²) < 4.78 is 22.5. The van der Waals surface area contributed by atoms with Gasteiger partial charge in [0.05, 0.1) is 0 Å².